The van der Waals surface area contributed by atoms with Crippen molar-refractivity contribution in [3.8, 4) is 17.2 Å². The van der Waals surface area contributed by atoms with Gasteiger partial charge in [0.25, 0.3) is 5.91 Å². The lowest BCUT2D eigenvalue weighted by Gasteiger charge is -2.11. The van der Waals surface area contributed by atoms with Crippen molar-refractivity contribution in [1.82, 2.24) is 10.4 Å². The zero-order valence-corrected chi connectivity index (χ0v) is 20.5. The van der Waals surface area contributed by atoms with E-state index < -0.39 is 5.97 Å². The van der Waals surface area contributed by atoms with Gasteiger partial charge in [-0.15, -0.1) is 11.3 Å². The van der Waals surface area contributed by atoms with E-state index in [0.29, 0.717) is 22.6 Å². The van der Waals surface area contributed by atoms with Gasteiger partial charge < -0.3 is 14.2 Å². The second kappa shape index (κ2) is 11.5. The predicted octanol–water partition coefficient (Wildman–Crippen LogP) is 4.78. The van der Waals surface area contributed by atoms with Crippen molar-refractivity contribution in [2.75, 3.05) is 20.0 Å². The van der Waals surface area contributed by atoms with E-state index in [-0.39, 0.29) is 17.4 Å². The highest BCUT2D eigenvalue weighted by Crippen LogP contribution is 2.30. The number of methoxy groups -OCH3 is 2. The number of fused-ring (bicyclic) bond motifs is 1. The van der Waals surface area contributed by atoms with E-state index in [1.807, 2.05) is 24.3 Å². The number of esters is 1. The number of thioether (sulfide) groups is 1. The quantitative estimate of drug-likeness (QED) is 0.114. The molecule has 0 unspecified atom stereocenters. The van der Waals surface area contributed by atoms with Gasteiger partial charge in [0.15, 0.2) is 15.8 Å². The first-order valence-electron chi connectivity index (χ1n) is 10.4. The number of hydrazone groups is 1. The number of ether oxygens (including phenoxy) is 3. The number of nitrogens with one attached hydrogen (secondary N) is 1. The van der Waals surface area contributed by atoms with Gasteiger partial charge in [-0.05, 0) is 48.0 Å². The SMILES string of the molecule is COc1cc(/C=N\NC(=O)CSc2nc3ccccc3s2)ccc1OC(=O)c1ccccc1OC. The van der Waals surface area contributed by atoms with Crippen LogP contribution >= 0.6 is 23.1 Å². The van der Waals surface area contributed by atoms with E-state index in [2.05, 4.69) is 15.5 Å². The summed E-state index contributed by atoms with van der Waals surface area (Å²) in [5.41, 5.74) is 4.37. The van der Waals surface area contributed by atoms with Crippen LogP contribution in [0.5, 0.6) is 17.2 Å². The van der Waals surface area contributed by atoms with Crippen LogP contribution in [0.25, 0.3) is 10.2 Å². The van der Waals surface area contributed by atoms with E-state index in [1.54, 1.807) is 53.8 Å². The van der Waals surface area contributed by atoms with Gasteiger partial charge in [-0.1, -0.05) is 36.0 Å². The maximum absolute atomic E-state index is 12.6. The summed E-state index contributed by atoms with van der Waals surface area (Å²) in [6.07, 6.45) is 1.48. The van der Waals surface area contributed by atoms with Crippen LogP contribution in [-0.2, 0) is 4.79 Å². The van der Waals surface area contributed by atoms with Gasteiger partial charge in [-0.2, -0.15) is 5.10 Å². The number of para-hydroxylation sites is 2. The fourth-order valence-electron chi connectivity index (χ4n) is 3.07. The number of amides is 1. The number of rotatable bonds is 9. The molecule has 1 aromatic heterocycles. The molecule has 3 aromatic carbocycles. The van der Waals surface area contributed by atoms with Crippen molar-refractivity contribution in [3.63, 3.8) is 0 Å². The van der Waals surface area contributed by atoms with Crippen molar-refractivity contribution in [2.45, 2.75) is 4.34 Å². The van der Waals surface area contributed by atoms with Gasteiger partial charge in [-0.3, -0.25) is 4.79 Å². The molecule has 1 heterocycles. The Morgan fingerprint density at radius 3 is 2.57 bits per heavy atom. The van der Waals surface area contributed by atoms with E-state index in [4.69, 9.17) is 14.2 Å². The van der Waals surface area contributed by atoms with Crippen molar-refractivity contribution in [1.29, 1.82) is 0 Å². The zero-order valence-electron chi connectivity index (χ0n) is 18.9. The van der Waals surface area contributed by atoms with Crippen molar-refractivity contribution >= 4 is 51.4 Å². The van der Waals surface area contributed by atoms with E-state index in [1.165, 1.54) is 32.2 Å². The molecule has 0 saturated carbocycles. The number of thiazole rings is 1. The molecule has 1 N–H and O–H groups in total. The topological polar surface area (TPSA) is 99.1 Å². The van der Waals surface area contributed by atoms with Crippen LogP contribution in [0, 0.1) is 0 Å². The molecule has 1 amide bonds. The third kappa shape index (κ3) is 6.17. The van der Waals surface area contributed by atoms with Crippen LogP contribution in [-0.4, -0.2) is 43.0 Å². The van der Waals surface area contributed by atoms with E-state index in [9.17, 15) is 9.59 Å². The van der Waals surface area contributed by atoms with E-state index >= 15 is 0 Å². The van der Waals surface area contributed by atoms with Crippen LogP contribution in [0.2, 0.25) is 0 Å². The molecule has 35 heavy (non-hydrogen) atoms. The summed E-state index contributed by atoms with van der Waals surface area (Å²) in [5, 5.41) is 4.00. The molecule has 10 heteroatoms. The molecule has 178 valence electrons. The van der Waals surface area contributed by atoms with Crippen LogP contribution in [0.3, 0.4) is 0 Å². The average Bonchev–Trinajstić information content (AvgIpc) is 3.31. The Labute approximate surface area is 209 Å². The molecule has 4 rings (SSSR count). The molecular formula is C25H21N3O5S2. The van der Waals surface area contributed by atoms with Gasteiger partial charge in [0.05, 0.1) is 36.4 Å². The van der Waals surface area contributed by atoms with Gasteiger partial charge in [0.2, 0.25) is 0 Å². The first kappa shape index (κ1) is 24.2. The fraction of sp³-hybridized carbons (Fsp3) is 0.120. The second-order valence-electron chi connectivity index (χ2n) is 7.03. The third-order valence-corrected chi connectivity index (χ3v) is 6.90. The highest BCUT2D eigenvalue weighted by molar-refractivity contribution is 8.01. The van der Waals surface area contributed by atoms with Crippen LogP contribution in [0.15, 0.2) is 76.2 Å². The molecule has 0 aliphatic rings. The molecule has 0 aliphatic carbocycles. The molecule has 8 nitrogen and oxygen atoms in total. The van der Waals surface area contributed by atoms with Crippen molar-refractivity contribution in [2.24, 2.45) is 5.10 Å². The molecule has 0 spiro atoms. The Morgan fingerprint density at radius 2 is 1.77 bits per heavy atom. The molecular weight excluding hydrogens is 486 g/mol. The Bertz CT molecular complexity index is 1350. The molecule has 0 fully saturated rings. The zero-order chi connectivity index (χ0) is 24.6. The standard InChI is InChI=1S/C25H21N3O5S2/c1-31-19-9-5-3-7-17(19)24(30)33-20-12-11-16(13-21(20)32-2)14-26-28-23(29)15-34-25-27-18-8-4-6-10-22(18)35-25/h3-14H,15H2,1-2H3,(H,28,29)/b26-14-. The molecule has 4 aromatic rings. The minimum absolute atomic E-state index is 0.193. The smallest absolute Gasteiger partial charge is 0.347 e. The predicted molar refractivity (Wildman–Crippen MR) is 137 cm³/mol. The minimum Gasteiger partial charge on any atom is -0.496 e. The monoisotopic (exact) mass is 507 g/mol. The Morgan fingerprint density at radius 1 is 1.00 bits per heavy atom. The molecule has 0 saturated heterocycles. The summed E-state index contributed by atoms with van der Waals surface area (Å²) in [6, 6.07) is 19.6. The number of nitrogens with zero attached hydrogens (tertiary/aromatic N) is 2. The summed E-state index contributed by atoms with van der Waals surface area (Å²) in [7, 11) is 2.96. The number of hydrogen-bond donors (Lipinski definition) is 1. The number of benzene rings is 3. The number of hydrogen-bond acceptors (Lipinski definition) is 9. The Kier molecular flexibility index (Phi) is 7.96. The fourth-order valence-corrected chi connectivity index (χ4v) is 4.93. The maximum atomic E-state index is 12.6. The summed E-state index contributed by atoms with van der Waals surface area (Å²) in [5.74, 6) is 0.377. The highest BCUT2D eigenvalue weighted by Gasteiger charge is 2.16. The second-order valence-corrected chi connectivity index (χ2v) is 9.28. The summed E-state index contributed by atoms with van der Waals surface area (Å²) >= 11 is 2.91. The first-order chi connectivity index (χ1) is 17.1. The average molecular weight is 508 g/mol. The van der Waals surface area contributed by atoms with Crippen LogP contribution in [0.1, 0.15) is 15.9 Å². The summed E-state index contributed by atoms with van der Waals surface area (Å²) in [4.78, 5) is 29.2. The molecule has 0 aliphatic heterocycles. The lowest BCUT2D eigenvalue weighted by atomic mass is 10.2. The van der Waals surface area contributed by atoms with Crippen LogP contribution in [0.4, 0.5) is 0 Å². The van der Waals surface area contributed by atoms with Gasteiger partial charge in [0, 0.05) is 0 Å². The largest absolute Gasteiger partial charge is 0.496 e. The van der Waals surface area contributed by atoms with Crippen LogP contribution < -0.4 is 19.6 Å². The van der Waals surface area contributed by atoms with Gasteiger partial charge in [0.1, 0.15) is 11.3 Å². The van der Waals surface area contributed by atoms with Gasteiger partial charge >= 0.3 is 5.97 Å². The Hall–Kier alpha value is -3.89. The number of carbonyl (C=O) groups is 2. The molecule has 0 atom stereocenters. The van der Waals surface area contributed by atoms with Crippen molar-refractivity contribution < 1.29 is 23.8 Å². The lowest BCUT2D eigenvalue weighted by Crippen LogP contribution is -2.19. The Balaban J connectivity index is 1.33. The van der Waals surface area contributed by atoms with Crippen molar-refractivity contribution in [3.05, 3.63) is 77.9 Å². The maximum Gasteiger partial charge on any atom is 0.347 e. The van der Waals surface area contributed by atoms with E-state index in [0.717, 1.165) is 14.6 Å². The molecule has 0 bridgehead atoms. The number of carbonyl (C=O) groups excluding carboxylic acids is 2. The molecule has 0 radical (unpaired) electrons. The summed E-state index contributed by atoms with van der Waals surface area (Å²) in [6.45, 7) is 0. The summed E-state index contributed by atoms with van der Waals surface area (Å²) < 4.78 is 18.0. The number of aromatic nitrogens is 1. The lowest BCUT2D eigenvalue weighted by molar-refractivity contribution is -0.118. The third-order valence-electron chi connectivity index (χ3n) is 4.72. The van der Waals surface area contributed by atoms with Gasteiger partial charge in [-0.25, -0.2) is 15.2 Å². The first-order valence-corrected chi connectivity index (χ1v) is 12.2. The highest BCUT2D eigenvalue weighted by atomic mass is 32.2. The normalized spacial score (nSPS) is 10.9. The minimum atomic E-state index is -0.569.